The van der Waals surface area contributed by atoms with Gasteiger partial charge in [0, 0.05) is 0 Å². The van der Waals surface area contributed by atoms with Crippen LogP contribution in [0.1, 0.15) is 0 Å². The Bertz CT molecular complexity index is 29.2. The number of nitrogens with two attached hydrogens (primary N) is 2. The van der Waals surface area contributed by atoms with E-state index in [1.165, 1.54) is 7.05 Å². The molecular formula is C2H9I2N3Pb. The van der Waals surface area contributed by atoms with Gasteiger partial charge in [0.2, 0.25) is 0 Å². The first-order chi connectivity index (χ1) is 3.83. The molecule has 2 radical (unpaired) electrons. The monoisotopic (exact) mass is 537 g/mol. The molecule has 6 heteroatoms. The molecule has 0 saturated carbocycles. The van der Waals surface area contributed by atoms with Gasteiger partial charge in [-0.2, -0.15) is 0 Å². The van der Waals surface area contributed by atoms with Crippen molar-refractivity contribution >= 4 is 57.5 Å². The molecule has 0 heterocycles. The fraction of sp³-hybridized carbons (Fsp3) is 0.500. The molecule has 0 rings (SSSR count). The van der Waals surface area contributed by atoms with Crippen LogP contribution >= 0.6 is 35.5 Å². The van der Waals surface area contributed by atoms with Crippen molar-refractivity contribution in [2.75, 3.05) is 7.05 Å². The minimum absolute atomic E-state index is 0.0233. The third kappa shape index (κ3) is 110. The molecule has 0 spiro atoms. The van der Waals surface area contributed by atoms with Crippen LogP contribution in [-0.2, 0) is 0 Å². The van der Waals surface area contributed by atoms with E-state index in [4.69, 9.17) is 5.41 Å². The maximum absolute atomic E-state index is 5.86. The molecule has 0 aromatic rings. The van der Waals surface area contributed by atoms with Gasteiger partial charge >= 0.3 is 51.2 Å². The van der Waals surface area contributed by atoms with Crippen LogP contribution in [0.4, 0.5) is 0 Å². The van der Waals surface area contributed by atoms with Crippen molar-refractivity contribution in [1.82, 2.24) is 0 Å². The summed E-state index contributed by atoms with van der Waals surface area (Å²) in [5.74, 6) is 0. The van der Waals surface area contributed by atoms with Crippen LogP contribution in [0.5, 0.6) is 0 Å². The van der Waals surface area contributed by atoms with Crippen molar-refractivity contribution in [3.8, 4) is 0 Å². The summed E-state index contributed by atoms with van der Waals surface area (Å²) in [6.07, 6.45) is 0.750. The minimum atomic E-state index is 0.0233. The molecule has 0 atom stereocenters. The van der Waals surface area contributed by atoms with E-state index in [0.717, 1.165) is 6.34 Å². The second-order valence-corrected chi connectivity index (χ2v) is 28.4. The predicted molar refractivity (Wildman–Crippen MR) is 56.9 cm³/mol. The van der Waals surface area contributed by atoms with E-state index < -0.39 is 0 Å². The fourth-order valence-electron chi connectivity index (χ4n) is 0. The average Bonchev–Trinajstić information content (AvgIpc) is 1.75. The van der Waals surface area contributed by atoms with Crippen LogP contribution in [0.2, 0.25) is 0 Å². The summed E-state index contributed by atoms with van der Waals surface area (Å²) in [7, 11) is 1.50. The number of rotatable bonds is 0. The molecule has 8 heavy (non-hydrogen) atoms. The molecule has 0 fully saturated rings. The van der Waals surface area contributed by atoms with Gasteiger partial charge in [0.15, 0.2) is 0 Å². The quantitative estimate of drug-likeness (QED) is 0.183. The molecule has 0 aromatic carbocycles. The van der Waals surface area contributed by atoms with Gasteiger partial charge in [-0.1, -0.05) is 0 Å². The zero-order chi connectivity index (χ0) is 7.41. The summed E-state index contributed by atoms with van der Waals surface area (Å²) < 4.78 is 0. The standard InChI is InChI=1S/CH4N2.CH5N.2HI.Pb/c2-1-3;1-2;;;/h1H,(H3,2,3);2H2,1H3;2*1H;/q;;;;+2/p-2. The van der Waals surface area contributed by atoms with Gasteiger partial charge in [-0.25, -0.2) is 0 Å². The SMILES string of the molecule is CN.N=CN.[I][Pb][I]. The third-order valence-electron chi connectivity index (χ3n) is 0. The Hall–Kier alpha value is 1.81. The van der Waals surface area contributed by atoms with Gasteiger partial charge < -0.3 is 11.5 Å². The van der Waals surface area contributed by atoms with Crippen LogP contribution in [-0.4, -0.2) is 29.0 Å². The Morgan fingerprint density at radius 1 is 1.50 bits per heavy atom. The third-order valence-corrected chi connectivity index (χ3v) is 0. The fourth-order valence-corrected chi connectivity index (χ4v) is 0. The second kappa shape index (κ2) is 37.0. The van der Waals surface area contributed by atoms with E-state index in [1.807, 2.05) is 0 Å². The van der Waals surface area contributed by atoms with E-state index >= 15 is 0 Å². The van der Waals surface area contributed by atoms with Crippen molar-refractivity contribution < 1.29 is 0 Å². The summed E-state index contributed by atoms with van der Waals surface area (Å²) >= 11 is 4.96. The molecule has 0 aliphatic carbocycles. The van der Waals surface area contributed by atoms with Gasteiger partial charge in [-0.15, -0.1) is 0 Å². The molecule has 5 N–H and O–H groups in total. The Morgan fingerprint density at radius 3 is 1.50 bits per heavy atom. The molecule has 0 amide bonds. The van der Waals surface area contributed by atoms with Crippen LogP contribution in [0.3, 0.4) is 0 Å². The first-order valence-corrected chi connectivity index (χ1v) is 23.4. The summed E-state index contributed by atoms with van der Waals surface area (Å²) in [6.45, 7) is 0. The Morgan fingerprint density at radius 2 is 1.50 bits per heavy atom. The molecular weight excluding hydrogens is 527 g/mol. The van der Waals surface area contributed by atoms with Crippen molar-refractivity contribution in [3.63, 3.8) is 0 Å². The van der Waals surface area contributed by atoms with Crippen molar-refractivity contribution in [2.24, 2.45) is 11.5 Å². The van der Waals surface area contributed by atoms with E-state index in [-0.39, 0.29) is 15.6 Å². The summed E-state index contributed by atoms with van der Waals surface area (Å²) in [5.41, 5.74) is 8.89. The molecule has 0 saturated heterocycles. The molecule has 0 bridgehead atoms. The maximum atomic E-state index is 5.86. The van der Waals surface area contributed by atoms with Gasteiger partial charge in [0.05, 0.1) is 6.34 Å². The number of hydrogen-bond donors (Lipinski definition) is 3. The van der Waals surface area contributed by atoms with Gasteiger partial charge in [0.1, 0.15) is 0 Å². The normalized spacial score (nSPS) is 4.50. The van der Waals surface area contributed by atoms with Crippen LogP contribution in [0.25, 0.3) is 0 Å². The van der Waals surface area contributed by atoms with Crippen molar-refractivity contribution in [1.29, 1.82) is 5.41 Å². The summed E-state index contributed by atoms with van der Waals surface area (Å²) in [5, 5.41) is 5.86. The molecule has 50 valence electrons. The Kier molecular flexibility index (Phi) is 76.0. The van der Waals surface area contributed by atoms with Gasteiger partial charge in [-0.05, 0) is 7.05 Å². The molecule has 0 unspecified atom stereocenters. The van der Waals surface area contributed by atoms with Crippen molar-refractivity contribution in [2.45, 2.75) is 0 Å². The van der Waals surface area contributed by atoms with Crippen LogP contribution in [0.15, 0.2) is 0 Å². The topological polar surface area (TPSA) is 75.9 Å². The molecule has 3 nitrogen and oxygen atoms in total. The molecule has 0 aromatic heterocycles. The van der Waals surface area contributed by atoms with Gasteiger partial charge in [0.25, 0.3) is 0 Å². The average molecular weight is 536 g/mol. The first-order valence-electron chi connectivity index (χ1n) is 1.58. The number of nitrogens with one attached hydrogen (secondary N) is 1. The van der Waals surface area contributed by atoms with Crippen LogP contribution in [0, 0.1) is 5.41 Å². The van der Waals surface area contributed by atoms with E-state index in [2.05, 4.69) is 47.0 Å². The zero-order valence-corrected chi connectivity index (χ0v) is 12.7. The van der Waals surface area contributed by atoms with E-state index in [9.17, 15) is 0 Å². The summed E-state index contributed by atoms with van der Waals surface area (Å²) in [6, 6.07) is 0. The zero-order valence-electron chi connectivity index (χ0n) is 4.49. The van der Waals surface area contributed by atoms with Crippen molar-refractivity contribution in [3.05, 3.63) is 0 Å². The first kappa shape index (κ1) is 16.4. The van der Waals surface area contributed by atoms with Gasteiger partial charge in [-0.3, -0.25) is 5.41 Å². The summed E-state index contributed by atoms with van der Waals surface area (Å²) in [4.78, 5) is 0. The van der Waals surface area contributed by atoms with Crippen LogP contribution < -0.4 is 11.5 Å². The Balaban J connectivity index is -0.0000000483. The van der Waals surface area contributed by atoms with E-state index in [0.29, 0.717) is 0 Å². The number of halogens is 2. The second-order valence-electron chi connectivity index (χ2n) is 0.238. The number of hydrogen-bond acceptors (Lipinski definition) is 2. The molecule has 0 aliphatic heterocycles. The van der Waals surface area contributed by atoms with E-state index in [1.54, 1.807) is 0 Å². The predicted octanol–water partition coefficient (Wildman–Crippen LogP) is 0.518. The molecule has 0 aliphatic rings. The Labute approximate surface area is 80.0 Å².